The maximum Gasteiger partial charge on any atom is 0.225 e. The lowest BCUT2D eigenvalue weighted by molar-refractivity contribution is 0.397. The quantitative estimate of drug-likeness (QED) is 0.786. The molecule has 3 rings (SSSR count). The summed E-state index contributed by atoms with van der Waals surface area (Å²) in [6, 6.07) is 8.11. The van der Waals surface area contributed by atoms with E-state index in [4.69, 9.17) is 11.6 Å². The van der Waals surface area contributed by atoms with Crippen LogP contribution in [0, 0.1) is 5.92 Å². The Morgan fingerprint density at radius 2 is 2.00 bits per heavy atom. The van der Waals surface area contributed by atoms with Crippen molar-refractivity contribution in [3.8, 4) is 0 Å². The molecular formula is C15H18ClN3. The fraction of sp³-hybridized carbons (Fsp3) is 0.467. The molecule has 0 spiro atoms. The van der Waals surface area contributed by atoms with Gasteiger partial charge in [0.2, 0.25) is 5.95 Å². The molecule has 1 atom stereocenters. The van der Waals surface area contributed by atoms with E-state index in [2.05, 4.69) is 21.8 Å². The van der Waals surface area contributed by atoms with E-state index in [9.17, 15) is 0 Å². The first kappa shape index (κ1) is 12.7. The number of anilines is 1. The van der Waals surface area contributed by atoms with E-state index in [1.54, 1.807) is 0 Å². The number of piperidine rings is 1. The van der Waals surface area contributed by atoms with E-state index in [0.717, 1.165) is 42.8 Å². The van der Waals surface area contributed by atoms with Crippen LogP contribution in [0.3, 0.4) is 0 Å². The first-order valence-corrected chi connectivity index (χ1v) is 7.28. The van der Waals surface area contributed by atoms with Gasteiger partial charge in [-0.15, -0.1) is 11.6 Å². The van der Waals surface area contributed by atoms with Gasteiger partial charge in [-0.2, -0.15) is 0 Å². The normalized spacial score (nSPS) is 18.7. The lowest BCUT2D eigenvalue weighted by atomic mass is 9.94. The van der Waals surface area contributed by atoms with Crippen molar-refractivity contribution >= 4 is 28.5 Å². The smallest absolute Gasteiger partial charge is 0.225 e. The van der Waals surface area contributed by atoms with Gasteiger partial charge in [0.25, 0.3) is 0 Å². The summed E-state index contributed by atoms with van der Waals surface area (Å²) >= 11 is 6.18. The molecule has 2 heterocycles. The number of alkyl halides is 1. The molecular weight excluding hydrogens is 258 g/mol. The summed E-state index contributed by atoms with van der Waals surface area (Å²) in [5.74, 6) is 1.47. The van der Waals surface area contributed by atoms with Gasteiger partial charge in [0.15, 0.2) is 0 Å². The second-order valence-corrected chi connectivity index (χ2v) is 5.92. The minimum atomic E-state index is 0.264. The largest absolute Gasteiger partial charge is 0.341 e. The minimum absolute atomic E-state index is 0.264. The second kappa shape index (κ2) is 5.33. The molecule has 19 heavy (non-hydrogen) atoms. The maximum atomic E-state index is 6.18. The molecule has 1 aromatic heterocycles. The average molecular weight is 276 g/mol. The number of benzene rings is 1. The van der Waals surface area contributed by atoms with Gasteiger partial charge < -0.3 is 4.90 Å². The van der Waals surface area contributed by atoms with E-state index in [1.165, 1.54) is 0 Å². The van der Waals surface area contributed by atoms with Crippen molar-refractivity contribution in [2.24, 2.45) is 5.92 Å². The zero-order valence-electron chi connectivity index (χ0n) is 11.1. The highest BCUT2D eigenvalue weighted by atomic mass is 35.5. The molecule has 0 saturated carbocycles. The highest BCUT2D eigenvalue weighted by Crippen LogP contribution is 2.26. The number of rotatable bonds is 2. The zero-order valence-corrected chi connectivity index (χ0v) is 11.8. The Bertz CT molecular complexity index is 562. The number of hydrogen-bond donors (Lipinski definition) is 0. The molecule has 1 aliphatic rings. The van der Waals surface area contributed by atoms with Crippen LogP contribution in [0.15, 0.2) is 30.5 Å². The van der Waals surface area contributed by atoms with Gasteiger partial charge in [-0.3, -0.25) is 0 Å². The highest BCUT2D eigenvalue weighted by molar-refractivity contribution is 6.20. The van der Waals surface area contributed by atoms with Crippen LogP contribution in [0.4, 0.5) is 5.95 Å². The SMILES string of the molecule is CC(Cl)C1CCN(c2ncc3ccccc3n2)CC1. The van der Waals surface area contributed by atoms with Crippen molar-refractivity contribution in [1.29, 1.82) is 0 Å². The van der Waals surface area contributed by atoms with Crippen LogP contribution in [0.1, 0.15) is 19.8 Å². The van der Waals surface area contributed by atoms with Gasteiger partial charge in [-0.05, 0) is 31.7 Å². The number of aromatic nitrogens is 2. The molecule has 1 aromatic carbocycles. The standard InChI is InChI=1S/C15H18ClN3/c1-11(16)12-6-8-19(9-7-12)15-17-10-13-4-2-3-5-14(13)18-15/h2-5,10-12H,6-9H2,1H3. The van der Waals surface area contributed by atoms with E-state index in [0.29, 0.717) is 5.92 Å². The molecule has 1 unspecified atom stereocenters. The predicted octanol–water partition coefficient (Wildman–Crippen LogP) is 3.47. The number of halogens is 1. The van der Waals surface area contributed by atoms with Crippen LogP contribution in [0.25, 0.3) is 10.9 Å². The van der Waals surface area contributed by atoms with E-state index in [1.807, 2.05) is 30.5 Å². The van der Waals surface area contributed by atoms with Crippen molar-refractivity contribution in [3.63, 3.8) is 0 Å². The first-order chi connectivity index (χ1) is 9.24. The van der Waals surface area contributed by atoms with Gasteiger partial charge in [-0.25, -0.2) is 9.97 Å². The number of para-hydroxylation sites is 1. The molecule has 0 aliphatic carbocycles. The fourth-order valence-corrected chi connectivity index (χ4v) is 2.93. The fourth-order valence-electron chi connectivity index (χ4n) is 2.67. The molecule has 100 valence electrons. The summed E-state index contributed by atoms with van der Waals surface area (Å²) in [6.45, 7) is 4.09. The first-order valence-electron chi connectivity index (χ1n) is 6.85. The molecule has 1 saturated heterocycles. The summed E-state index contributed by atoms with van der Waals surface area (Å²) in [5.41, 5.74) is 1.01. The number of fused-ring (bicyclic) bond motifs is 1. The molecule has 0 bridgehead atoms. The van der Waals surface area contributed by atoms with Gasteiger partial charge in [0.05, 0.1) is 5.52 Å². The maximum absolute atomic E-state index is 6.18. The minimum Gasteiger partial charge on any atom is -0.341 e. The third-order valence-electron chi connectivity index (χ3n) is 3.95. The van der Waals surface area contributed by atoms with Crippen molar-refractivity contribution < 1.29 is 0 Å². The zero-order chi connectivity index (χ0) is 13.2. The predicted molar refractivity (Wildman–Crippen MR) is 79.8 cm³/mol. The van der Waals surface area contributed by atoms with Crippen LogP contribution >= 0.6 is 11.6 Å². The summed E-state index contributed by atoms with van der Waals surface area (Å²) in [5, 5.41) is 1.36. The number of hydrogen-bond acceptors (Lipinski definition) is 3. The van der Waals surface area contributed by atoms with Crippen molar-refractivity contribution in [3.05, 3.63) is 30.5 Å². The summed E-state index contributed by atoms with van der Waals surface area (Å²) in [4.78, 5) is 11.4. The second-order valence-electron chi connectivity index (χ2n) is 5.23. The van der Waals surface area contributed by atoms with Crippen LogP contribution in [0.2, 0.25) is 0 Å². The Hall–Kier alpha value is -1.35. The Morgan fingerprint density at radius 1 is 1.26 bits per heavy atom. The highest BCUT2D eigenvalue weighted by Gasteiger charge is 2.23. The third-order valence-corrected chi connectivity index (χ3v) is 4.30. The Labute approximate surface area is 118 Å². The summed E-state index contributed by atoms with van der Waals surface area (Å²) in [6.07, 6.45) is 4.16. The van der Waals surface area contributed by atoms with Crippen molar-refractivity contribution in [2.45, 2.75) is 25.1 Å². The third kappa shape index (κ3) is 2.66. The Balaban J connectivity index is 1.78. The summed E-state index contributed by atoms with van der Waals surface area (Å²) < 4.78 is 0. The van der Waals surface area contributed by atoms with E-state index >= 15 is 0 Å². The van der Waals surface area contributed by atoms with Gasteiger partial charge in [0, 0.05) is 30.0 Å². The van der Waals surface area contributed by atoms with Crippen LogP contribution in [0.5, 0.6) is 0 Å². The molecule has 0 radical (unpaired) electrons. The van der Waals surface area contributed by atoms with Gasteiger partial charge in [0.1, 0.15) is 0 Å². The molecule has 1 fully saturated rings. The van der Waals surface area contributed by atoms with Crippen LogP contribution in [-0.2, 0) is 0 Å². The summed E-state index contributed by atoms with van der Waals surface area (Å²) in [7, 11) is 0. The van der Waals surface area contributed by atoms with E-state index in [-0.39, 0.29) is 5.38 Å². The molecule has 1 aliphatic heterocycles. The number of nitrogens with zero attached hydrogens (tertiary/aromatic N) is 3. The van der Waals surface area contributed by atoms with Crippen molar-refractivity contribution in [1.82, 2.24) is 9.97 Å². The topological polar surface area (TPSA) is 29.0 Å². The lowest BCUT2D eigenvalue weighted by Gasteiger charge is -2.33. The van der Waals surface area contributed by atoms with Crippen LogP contribution in [-0.4, -0.2) is 28.4 Å². The molecule has 0 N–H and O–H groups in total. The van der Waals surface area contributed by atoms with E-state index < -0.39 is 0 Å². The Morgan fingerprint density at radius 3 is 2.74 bits per heavy atom. The molecule has 3 nitrogen and oxygen atoms in total. The molecule has 2 aromatic rings. The van der Waals surface area contributed by atoms with Crippen molar-refractivity contribution in [2.75, 3.05) is 18.0 Å². The lowest BCUT2D eigenvalue weighted by Crippen LogP contribution is -2.36. The average Bonchev–Trinajstić information content (AvgIpc) is 2.47. The Kier molecular flexibility index (Phi) is 3.56. The molecule has 4 heteroatoms. The monoisotopic (exact) mass is 275 g/mol. The molecule has 0 amide bonds. The van der Waals surface area contributed by atoms with Gasteiger partial charge in [-0.1, -0.05) is 18.2 Å². The van der Waals surface area contributed by atoms with Gasteiger partial charge >= 0.3 is 0 Å². The van der Waals surface area contributed by atoms with Crippen LogP contribution < -0.4 is 4.90 Å².